The molecule has 1 aliphatic rings. The average Bonchev–Trinajstić information content (AvgIpc) is 3.15. The number of amides is 1. The van der Waals surface area contributed by atoms with Crippen LogP contribution in [0.15, 0.2) is 53.0 Å². The molecule has 0 saturated carbocycles. The summed E-state index contributed by atoms with van der Waals surface area (Å²) in [6, 6.07) is 14.6. The lowest BCUT2D eigenvalue weighted by atomic mass is 9.94. The average molecular weight is 432 g/mol. The van der Waals surface area contributed by atoms with Crippen LogP contribution in [0.2, 0.25) is 0 Å². The molecule has 1 aromatic heterocycles. The molecule has 4 heteroatoms. The molecule has 1 amide bonds. The Balaban J connectivity index is 1.51. The van der Waals surface area contributed by atoms with E-state index in [-0.39, 0.29) is 11.9 Å². The summed E-state index contributed by atoms with van der Waals surface area (Å²) in [5.41, 5.74) is 5.35. The lowest BCUT2D eigenvalue weighted by Gasteiger charge is -2.14. The van der Waals surface area contributed by atoms with Gasteiger partial charge in [-0.05, 0) is 70.1 Å². The van der Waals surface area contributed by atoms with Crippen molar-refractivity contribution in [3.63, 3.8) is 0 Å². The molecule has 1 aliphatic carbocycles. The lowest BCUT2D eigenvalue weighted by Crippen LogP contribution is -2.31. The molecular formula is C28H33NO3. The number of benzene rings is 2. The molecule has 3 aromatic rings. The van der Waals surface area contributed by atoms with Crippen molar-refractivity contribution >= 4 is 22.4 Å². The first-order chi connectivity index (χ1) is 15.5. The fourth-order valence-electron chi connectivity index (χ4n) is 4.53. The Hall–Kier alpha value is -3.01. The second kappa shape index (κ2) is 10.1. The number of furan rings is 1. The van der Waals surface area contributed by atoms with Crippen LogP contribution in [0, 0.1) is 0 Å². The van der Waals surface area contributed by atoms with Crippen LogP contribution in [0.3, 0.4) is 0 Å². The number of nitrogens with one attached hydrogen (secondary N) is 1. The Morgan fingerprint density at radius 3 is 2.75 bits per heavy atom. The van der Waals surface area contributed by atoms with Gasteiger partial charge in [0.1, 0.15) is 17.1 Å². The Bertz CT molecular complexity index is 1110. The fraction of sp³-hybridized carbons (Fsp3) is 0.393. The number of allylic oxidation sites excluding steroid dienone is 1. The number of hydrogen-bond acceptors (Lipinski definition) is 3. The molecule has 1 N–H and O–H groups in total. The van der Waals surface area contributed by atoms with Gasteiger partial charge >= 0.3 is 0 Å². The van der Waals surface area contributed by atoms with Gasteiger partial charge in [-0.2, -0.15) is 0 Å². The Morgan fingerprint density at radius 2 is 1.97 bits per heavy atom. The van der Waals surface area contributed by atoms with E-state index in [0.717, 1.165) is 59.3 Å². The maximum atomic E-state index is 12.7. The highest BCUT2D eigenvalue weighted by Crippen LogP contribution is 2.38. The van der Waals surface area contributed by atoms with Crippen molar-refractivity contribution < 1.29 is 13.9 Å². The summed E-state index contributed by atoms with van der Waals surface area (Å²) in [6.07, 6.45) is 7.97. The van der Waals surface area contributed by atoms with Gasteiger partial charge in [0.2, 0.25) is 5.91 Å². The minimum absolute atomic E-state index is 0.0696. The first kappa shape index (κ1) is 22.2. The molecule has 0 radical (unpaired) electrons. The van der Waals surface area contributed by atoms with E-state index in [1.54, 1.807) is 6.08 Å². The number of ether oxygens (including phenoxy) is 1. The highest BCUT2D eigenvalue weighted by atomic mass is 16.5. The molecule has 0 saturated heterocycles. The molecule has 0 bridgehead atoms. The lowest BCUT2D eigenvalue weighted by molar-refractivity contribution is -0.117. The summed E-state index contributed by atoms with van der Waals surface area (Å²) < 4.78 is 12.0. The number of carbonyl (C=O) groups excluding carboxylic acids is 1. The zero-order valence-electron chi connectivity index (χ0n) is 19.4. The molecule has 2 aromatic carbocycles. The molecule has 32 heavy (non-hydrogen) atoms. The summed E-state index contributed by atoms with van der Waals surface area (Å²) in [5, 5.41) is 4.26. The van der Waals surface area contributed by atoms with Crippen molar-refractivity contribution in [2.45, 2.75) is 65.3 Å². The smallest absolute Gasteiger partial charge is 0.244 e. The van der Waals surface area contributed by atoms with E-state index < -0.39 is 0 Å². The van der Waals surface area contributed by atoms with E-state index in [1.165, 1.54) is 24.0 Å². The summed E-state index contributed by atoms with van der Waals surface area (Å²) in [7, 11) is 0. The Morgan fingerprint density at radius 1 is 1.19 bits per heavy atom. The van der Waals surface area contributed by atoms with Crippen molar-refractivity contribution in [3.05, 3.63) is 71.0 Å². The first-order valence-electron chi connectivity index (χ1n) is 11.8. The zero-order valence-corrected chi connectivity index (χ0v) is 19.4. The van der Waals surface area contributed by atoms with E-state index >= 15 is 0 Å². The topological polar surface area (TPSA) is 51.5 Å². The van der Waals surface area contributed by atoms with Gasteiger partial charge in [-0.3, -0.25) is 4.79 Å². The van der Waals surface area contributed by atoms with Crippen molar-refractivity contribution in [2.75, 3.05) is 6.61 Å². The molecular weight excluding hydrogens is 398 g/mol. The van der Waals surface area contributed by atoms with E-state index in [0.29, 0.717) is 6.61 Å². The van der Waals surface area contributed by atoms with Gasteiger partial charge in [0.15, 0.2) is 0 Å². The van der Waals surface area contributed by atoms with Crippen LogP contribution in [0.25, 0.3) is 16.5 Å². The molecule has 4 rings (SSSR count). The number of carbonyl (C=O) groups is 1. The van der Waals surface area contributed by atoms with Gasteiger partial charge in [-0.15, -0.1) is 0 Å². The van der Waals surface area contributed by atoms with Crippen LogP contribution in [-0.4, -0.2) is 18.6 Å². The molecule has 4 nitrogen and oxygen atoms in total. The van der Waals surface area contributed by atoms with E-state index in [1.807, 2.05) is 26.0 Å². The largest absolute Gasteiger partial charge is 0.493 e. The highest BCUT2D eigenvalue weighted by molar-refractivity contribution is 5.97. The van der Waals surface area contributed by atoms with Gasteiger partial charge in [-0.25, -0.2) is 0 Å². The monoisotopic (exact) mass is 431 g/mol. The predicted octanol–water partition coefficient (Wildman–Crippen LogP) is 6.25. The van der Waals surface area contributed by atoms with Gasteiger partial charge in [0.05, 0.1) is 6.61 Å². The molecule has 0 fully saturated rings. The van der Waals surface area contributed by atoms with Gasteiger partial charge in [-0.1, -0.05) is 30.3 Å². The fourth-order valence-corrected chi connectivity index (χ4v) is 4.53. The number of aryl methyl sites for hydroxylation is 3. The quantitative estimate of drug-likeness (QED) is 0.429. The summed E-state index contributed by atoms with van der Waals surface area (Å²) in [4.78, 5) is 12.7. The van der Waals surface area contributed by atoms with E-state index in [4.69, 9.17) is 9.15 Å². The number of fused-ring (bicyclic) bond motifs is 3. The van der Waals surface area contributed by atoms with Crippen LogP contribution in [0.1, 0.15) is 62.5 Å². The van der Waals surface area contributed by atoms with E-state index in [9.17, 15) is 4.79 Å². The third-order valence-corrected chi connectivity index (χ3v) is 6.23. The second-order valence-corrected chi connectivity index (χ2v) is 8.75. The van der Waals surface area contributed by atoms with Gasteiger partial charge in [0.25, 0.3) is 0 Å². The second-order valence-electron chi connectivity index (χ2n) is 8.75. The normalized spacial score (nSPS) is 14.8. The Kier molecular flexibility index (Phi) is 6.99. The van der Waals surface area contributed by atoms with Crippen molar-refractivity contribution in [1.29, 1.82) is 0 Å². The van der Waals surface area contributed by atoms with Gasteiger partial charge in [0, 0.05) is 41.1 Å². The highest BCUT2D eigenvalue weighted by Gasteiger charge is 2.20. The molecule has 0 aliphatic heterocycles. The maximum Gasteiger partial charge on any atom is 0.244 e. The first-order valence-corrected chi connectivity index (χ1v) is 11.8. The van der Waals surface area contributed by atoms with Crippen LogP contribution < -0.4 is 10.1 Å². The van der Waals surface area contributed by atoms with Crippen LogP contribution >= 0.6 is 0 Å². The standard InChI is InChI=1S/C28H33NO3/c1-4-31-26-18-27-24(22-12-8-9-13-25(22)32-27)17-23(26)19(2)16-28(30)29-20(3)14-15-21-10-6-5-7-11-21/h5-7,10-11,16-18,20H,4,8-9,12-15H2,1-3H3,(H,29,30)/b19-16+. The van der Waals surface area contributed by atoms with Crippen LogP contribution in [0.5, 0.6) is 5.75 Å². The molecule has 168 valence electrons. The molecule has 1 unspecified atom stereocenters. The predicted molar refractivity (Wildman–Crippen MR) is 130 cm³/mol. The van der Waals surface area contributed by atoms with Crippen LogP contribution in [-0.2, 0) is 24.1 Å². The van der Waals surface area contributed by atoms with E-state index in [2.05, 4.69) is 42.6 Å². The minimum Gasteiger partial charge on any atom is -0.493 e. The summed E-state index contributed by atoms with van der Waals surface area (Å²) in [6.45, 7) is 6.57. The zero-order chi connectivity index (χ0) is 22.5. The summed E-state index contributed by atoms with van der Waals surface area (Å²) >= 11 is 0. The third kappa shape index (κ3) is 5.07. The number of rotatable bonds is 8. The minimum atomic E-state index is -0.0696. The molecule has 0 spiro atoms. The van der Waals surface area contributed by atoms with Crippen LogP contribution in [0.4, 0.5) is 0 Å². The van der Waals surface area contributed by atoms with Crippen molar-refractivity contribution in [1.82, 2.24) is 5.32 Å². The summed E-state index contributed by atoms with van der Waals surface area (Å²) in [5.74, 6) is 1.81. The van der Waals surface area contributed by atoms with Gasteiger partial charge < -0.3 is 14.5 Å². The van der Waals surface area contributed by atoms with Crippen molar-refractivity contribution in [3.8, 4) is 5.75 Å². The molecule has 1 atom stereocenters. The van der Waals surface area contributed by atoms with Crippen molar-refractivity contribution in [2.24, 2.45) is 0 Å². The third-order valence-electron chi connectivity index (χ3n) is 6.23. The Labute approximate surface area is 190 Å². The molecule has 1 heterocycles. The number of hydrogen-bond donors (Lipinski definition) is 1. The maximum absolute atomic E-state index is 12.7. The SMILES string of the molecule is CCOc1cc2oc3c(c2cc1/C(C)=C/C(=O)NC(C)CCc1ccccc1)CCCC3.